The van der Waals surface area contributed by atoms with Gasteiger partial charge in [0.25, 0.3) is 0 Å². The van der Waals surface area contributed by atoms with Gasteiger partial charge >= 0.3 is 5.97 Å². The van der Waals surface area contributed by atoms with Crippen molar-refractivity contribution in [1.82, 2.24) is 0 Å². The van der Waals surface area contributed by atoms with Crippen molar-refractivity contribution in [3.05, 3.63) is 0 Å². The molecule has 0 aromatic carbocycles. The third-order valence-electron chi connectivity index (χ3n) is 1.96. The lowest BCUT2D eigenvalue weighted by Gasteiger charge is -2.24. The first-order chi connectivity index (χ1) is 7.31. The van der Waals surface area contributed by atoms with Crippen LogP contribution in [-0.4, -0.2) is 73.4 Å². The normalized spacial score (nSPS) is 18.6. The number of ketones is 1. The van der Waals surface area contributed by atoms with Crippen molar-refractivity contribution >= 4 is 11.8 Å². The molecule has 4 atom stereocenters. The molecule has 0 spiro atoms. The first-order valence-corrected chi connectivity index (χ1v) is 4.40. The zero-order valence-corrected chi connectivity index (χ0v) is 8.22. The van der Waals surface area contributed by atoms with Gasteiger partial charge in [-0.2, -0.15) is 0 Å². The second-order valence-electron chi connectivity index (χ2n) is 3.23. The Hall–Kier alpha value is -1.06. The Kier molecular flexibility index (Phi) is 6.08. The van der Waals surface area contributed by atoms with Gasteiger partial charge in [0.05, 0.1) is 12.7 Å². The summed E-state index contributed by atoms with van der Waals surface area (Å²) in [5.74, 6) is -3.11. The van der Waals surface area contributed by atoms with Gasteiger partial charge in [0.1, 0.15) is 18.3 Å². The highest BCUT2D eigenvalue weighted by Crippen LogP contribution is 2.08. The molecule has 0 amide bonds. The fourth-order valence-electron chi connectivity index (χ4n) is 0.961. The van der Waals surface area contributed by atoms with Crippen molar-refractivity contribution in [1.29, 1.82) is 0 Å². The predicted octanol–water partition coefficient (Wildman–Crippen LogP) is -3.53. The monoisotopic (exact) mass is 238 g/mol. The minimum atomic E-state index is -1.93. The molecule has 0 rings (SSSR count). The molecular formula is C8H14O8. The fraction of sp³-hybridized carbons (Fsp3) is 0.750. The highest BCUT2D eigenvalue weighted by Gasteiger charge is 2.32. The summed E-state index contributed by atoms with van der Waals surface area (Å²) >= 11 is 0. The Labute approximate surface area is 90.4 Å². The van der Waals surface area contributed by atoms with Gasteiger partial charge in [-0.1, -0.05) is 0 Å². The summed E-state index contributed by atoms with van der Waals surface area (Å²) in [5, 5.41) is 53.1. The van der Waals surface area contributed by atoms with Crippen LogP contribution >= 0.6 is 0 Å². The highest BCUT2D eigenvalue weighted by molar-refractivity contribution is 6.32. The number of aliphatic carboxylic acids is 1. The molecule has 0 aromatic heterocycles. The summed E-state index contributed by atoms with van der Waals surface area (Å²) in [6.07, 6.45) is -8.22. The summed E-state index contributed by atoms with van der Waals surface area (Å²) in [5.41, 5.74) is 0. The smallest absolute Gasteiger partial charge is 0.372 e. The molecule has 6 N–H and O–H groups in total. The van der Waals surface area contributed by atoms with E-state index in [4.69, 9.17) is 25.5 Å². The third-order valence-corrected chi connectivity index (χ3v) is 1.96. The SMILES string of the molecule is O=C(O)C(=O)C[C@H](O)[C@@H](O)[C@@H](O)[C@H](O)CO. The number of aliphatic hydroxyl groups is 5. The zero-order chi connectivity index (χ0) is 12.9. The zero-order valence-electron chi connectivity index (χ0n) is 8.22. The van der Waals surface area contributed by atoms with Crippen molar-refractivity contribution in [2.24, 2.45) is 0 Å². The number of carboxylic acid groups (broad SMARTS) is 1. The lowest BCUT2D eigenvalue weighted by atomic mass is 9.99. The van der Waals surface area contributed by atoms with Crippen molar-refractivity contribution in [3.8, 4) is 0 Å². The molecule has 0 heterocycles. The molecule has 0 saturated heterocycles. The van der Waals surface area contributed by atoms with Crippen LogP contribution in [0.3, 0.4) is 0 Å². The molecule has 0 aliphatic carbocycles. The molecule has 0 aromatic rings. The van der Waals surface area contributed by atoms with Crippen LogP contribution in [0.4, 0.5) is 0 Å². The van der Waals surface area contributed by atoms with E-state index >= 15 is 0 Å². The van der Waals surface area contributed by atoms with Gasteiger partial charge in [0, 0.05) is 6.42 Å². The minimum absolute atomic E-state index is 0.849. The average molecular weight is 238 g/mol. The van der Waals surface area contributed by atoms with Crippen LogP contribution in [0.15, 0.2) is 0 Å². The number of carbonyl (C=O) groups is 2. The standard InChI is InChI=1S/C8H14O8/c9-2-5(12)7(14)6(13)3(10)1-4(11)8(15)16/h3,5-7,9-10,12-14H,1-2H2,(H,15,16)/t3-,5+,6+,7-/m0/s1. The van der Waals surface area contributed by atoms with Gasteiger partial charge < -0.3 is 30.6 Å². The summed E-state index contributed by atoms with van der Waals surface area (Å²) in [6, 6.07) is 0. The molecular weight excluding hydrogens is 224 g/mol. The molecule has 8 heteroatoms. The van der Waals surface area contributed by atoms with Crippen molar-refractivity contribution in [2.75, 3.05) is 6.61 Å². The van der Waals surface area contributed by atoms with Crippen molar-refractivity contribution in [3.63, 3.8) is 0 Å². The van der Waals surface area contributed by atoms with E-state index in [-0.39, 0.29) is 0 Å². The second-order valence-corrected chi connectivity index (χ2v) is 3.23. The van der Waals surface area contributed by atoms with Gasteiger partial charge in [0.15, 0.2) is 0 Å². The van der Waals surface area contributed by atoms with Gasteiger partial charge in [-0.05, 0) is 0 Å². The molecule has 0 fully saturated rings. The van der Waals surface area contributed by atoms with E-state index in [1.54, 1.807) is 0 Å². The maximum atomic E-state index is 10.7. The molecule has 16 heavy (non-hydrogen) atoms. The molecule has 0 bridgehead atoms. The number of carboxylic acids is 1. The van der Waals surface area contributed by atoms with E-state index < -0.39 is 49.2 Å². The van der Waals surface area contributed by atoms with Crippen LogP contribution in [-0.2, 0) is 9.59 Å². The van der Waals surface area contributed by atoms with E-state index in [0.29, 0.717) is 0 Å². The lowest BCUT2D eigenvalue weighted by molar-refractivity contribution is -0.153. The highest BCUT2D eigenvalue weighted by atomic mass is 16.4. The number of rotatable bonds is 7. The summed E-state index contributed by atoms with van der Waals surface area (Å²) in [4.78, 5) is 20.8. The lowest BCUT2D eigenvalue weighted by Crippen LogP contribution is -2.46. The quantitative estimate of drug-likeness (QED) is 0.249. The number of hydrogen-bond acceptors (Lipinski definition) is 7. The van der Waals surface area contributed by atoms with E-state index in [2.05, 4.69) is 0 Å². The van der Waals surface area contributed by atoms with Crippen LogP contribution < -0.4 is 0 Å². The molecule has 8 nitrogen and oxygen atoms in total. The molecule has 0 aliphatic rings. The van der Waals surface area contributed by atoms with Crippen LogP contribution in [0.2, 0.25) is 0 Å². The Bertz CT molecular complexity index is 252. The predicted molar refractivity (Wildman–Crippen MR) is 48.4 cm³/mol. The van der Waals surface area contributed by atoms with Gasteiger partial charge in [0.2, 0.25) is 5.78 Å². The first kappa shape index (κ1) is 14.9. The number of carbonyl (C=O) groups excluding carboxylic acids is 1. The molecule has 0 unspecified atom stereocenters. The summed E-state index contributed by atoms with van der Waals surface area (Å²) in [6.45, 7) is -0.849. The number of hydrogen-bond donors (Lipinski definition) is 6. The Morgan fingerprint density at radius 3 is 1.75 bits per heavy atom. The Morgan fingerprint density at radius 1 is 0.938 bits per heavy atom. The van der Waals surface area contributed by atoms with E-state index in [1.165, 1.54) is 0 Å². The maximum absolute atomic E-state index is 10.7. The first-order valence-electron chi connectivity index (χ1n) is 4.40. The van der Waals surface area contributed by atoms with Crippen LogP contribution in [0.5, 0.6) is 0 Å². The summed E-state index contributed by atoms with van der Waals surface area (Å²) in [7, 11) is 0. The number of aliphatic hydroxyl groups excluding tert-OH is 5. The van der Waals surface area contributed by atoms with Crippen LogP contribution in [0.25, 0.3) is 0 Å². The topological polar surface area (TPSA) is 156 Å². The molecule has 0 radical (unpaired) electrons. The van der Waals surface area contributed by atoms with Gasteiger partial charge in [-0.15, -0.1) is 0 Å². The van der Waals surface area contributed by atoms with Crippen molar-refractivity contribution < 1.29 is 40.2 Å². The summed E-state index contributed by atoms with van der Waals surface area (Å²) < 4.78 is 0. The average Bonchev–Trinajstić information content (AvgIpc) is 2.25. The number of Topliss-reactive ketones (excluding diaryl/α,β-unsaturated/α-hetero) is 1. The molecule has 0 aliphatic heterocycles. The van der Waals surface area contributed by atoms with Crippen molar-refractivity contribution in [2.45, 2.75) is 30.8 Å². The van der Waals surface area contributed by atoms with E-state index in [0.717, 1.165) is 0 Å². The van der Waals surface area contributed by atoms with Gasteiger partial charge in [-0.3, -0.25) is 4.79 Å². The minimum Gasteiger partial charge on any atom is -0.475 e. The third kappa shape index (κ3) is 4.21. The Morgan fingerprint density at radius 2 is 1.38 bits per heavy atom. The van der Waals surface area contributed by atoms with Crippen LogP contribution in [0, 0.1) is 0 Å². The second kappa shape index (κ2) is 6.51. The maximum Gasteiger partial charge on any atom is 0.372 e. The fourth-order valence-corrected chi connectivity index (χ4v) is 0.961. The Balaban J connectivity index is 4.32. The molecule has 0 saturated carbocycles. The molecule has 94 valence electrons. The van der Waals surface area contributed by atoms with Crippen LogP contribution in [0.1, 0.15) is 6.42 Å². The van der Waals surface area contributed by atoms with E-state index in [1.807, 2.05) is 0 Å². The largest absolute Gasteiger partial charge is 0.475 e. The van der Waals surface area contributed by atoms with E-state index in [9.17, 15) is 14.7 Å². The van der Waals surface area contributed by atoms with Gasteiger partial charge in [-0.25, -0.2) is 4.79 Å².